The van der Waals surface area contributed by atoms with Gasteiger partial charge in [0.2, 0.25) is 0 Å². The Morgan fingerprint density at radius 1 is 1.43 bits per heavy atom. The predicted octanol–water partition coefficient (Wildman–Crippen LogP) is 3.04. The van der Waals surface area contributed by atoms with Gasteiger partial charge < -0.3 is 4.74 Å². The van der Waals surface area contributed by atoms with E-state index in [9.17, 15) is 14.4 Å². The highest BCUT2D eigenvalue weighted by Crippen LogP contribution is 2.34. The van der Waals surface area contributed by atoms with Crippen LogP contribution in [0.25, 0.3) is 6.08 Å². The van der Waals surface area contributed by atoms with E-state index in [-0.39, 0.29) is 6.61 Å². The number of amides is 2. The zero-order chi connectivity index (χ0) is 15.6. The topological polar surface area (TPSA) is 63.7 Å². The largest absolute Gasteiger partial charge is 0.464 e. The Morgan fingerprint density at radius 3 is 2.71 bits per heavy atom. The zero-order valence-electron chi connectivity index (χ0n) is 11.9. The van der Waals surface area contributed by atoms with Crippen LogP contribution >= 0.6 is 23.1 Å². The van der Waals surface area contributed by atoms with Crippen LogP contribution in [0.2, 0.25) is 0 Å². The van der Waals surface area contributed by atoms with Crippen molar-refractivity contribution in [1.82, 2.24) is 4.90 Å². The van der Waals surface area contributed by atoms with E-state index < -0.39 is 23.2 Å². The standard InChI is InChI=1S/C14H15NO4S2/c1-4-19-13(17)9(3)15-12(16)11(21-14(15)18)7-10-6-5-8(2)20-10/h5-7,9H,4H2,1-3H3/b11-7+. The van der Waals surface area contributed by atoms with Gasteiger partial charge >= 0.3 is 5.97 Å². The molecule has 1 aromatic rings. The van der Waals surface area contributed by atoms with Crippen molar-refractivity contribution in [3.05, 3.63) is 26.8 Å². The van der Waals surface area contributed by atoms with Gasteiger partial charge in [-0.2, -0.15) is 0 Å². The van der Waals surface area contributed by atoms with Crippen LogP contribution < -0.4 is 0 Å². The van der Waals surface area contributed by atoms with Crippen molar-refractivity contribution in [2.75, 3.05) is 6.61 Å². The number of carbonyl (C=O) groups is 3. The summed E-state index contributed by atoms with van der Waals surface area (Å²) >= 11 is 2.39. The Kier molecular flexibility index (Phi) is 4.84. The number of ether oxygens (including phenoxy) is 1. The van der Waals surface area contributed by atoms with Crippen LogP contribution in [0.4, 0.5) is 4.79 Å². The molecule has 1 atom stereocenters. The van der Waals surface area contributed by atoms with Crippen LogP contribution in [0.5, 0.6) is 0 Å². The molecule has 1 aliphatic heterocycles. The fraction of sp³-hybridized carbons (Fsp3) is 0.357. The lowest BCUT2D eigenvalue weighted by Crippen LogP contribution is -2.42. The average Bonchev–Trinajstić information content (AvgIpc) is 2.94. The first-order chi connectivity index (χ1) is 9.93. The Labute approximate surface area is 131 Å². The molecule has 0 aliphatic carbocycles. The van der Waals surface area contributed by atoms with Gasteiger partial charge in [-0.3, -0.25) is 14.5 Å². The third kappa shape index (κ3) is 3.36. The fourth-order valence-electron chi connectivity index (χ4n) is 1.84. The summed E-state index contributed by atoms with van der Waals surface area (Å²) in [5.41, 5.74) is 0. The van der Waals surface area contributed by atoms with Gasteiger partial charge in [-0.1, -0.05) is 0 Å². The first kappa shape index (κ1) is 15.8. The quantitative estimate of drug-likeness (QED) is 0.629. The molecule has 1 saturated heterocycles. The molecule has 1 fully saturated rings. The summed E-state index contributed by atoms with van der Waals surface area (Å²) in [6.45, 7) is 5.35. The number of hydrogen-bond acceptors (Lipinski definition) is 6. The number of thioether (sulfide) groups is 1. The van der Waals surface area contributed by atoms with E-state index in [0.717, 1.165) is 26.4 Å². The third-order valence-electron chi connectivity index (χ3n) is 2.87. The Hall–Kier alpha value is -1.60. The molecule has 1 aliphatic rings. The van der Waals surface area contributed by atoms with Gasteiger partial charge in [0.05, 0.1) is 11.5 Å². The SMILES string of the molecule is CCOC(=O)C(C)N1C(=O)S/C(=C/c2ccc(C)s2)C1=O. The summed E-state index contributed by atoms with van der Waals surface area (Å²) in [6, 6.07) is 2.93. The van der Waals surface area contributed by atoms with Crippen LogP contribution in [-0.2, 0) is 14.3 Å². The maximum atomic E-state index is 12.3. The van der Waals surface area contributed by atoms with E-state index in [1.807, 2.05) is 19.1 Å². The van der Waals surface area contributed by atoms with Crippen LogP contribution in [0.15, 0.2) is 17.0 Å². The second kappa shape index (κ2) is 6.44. The Bertz CT molecular complexity index is 620. The zero-order valence-corrected chi connectivity index (χ0v) is 13.5. The van der Waals surface area contributed by atoms with Gasteiger partial charge in [0, 0.05) is 9.75 Å². The van der Waals surface area contributed by atoms with Crippen molar-refractivity contribution in [1.29, 1.82) is 0 Å². The minimum absolute atomic E-state index is 0.212. The molecule has 2 amide bonds. The van der Waals surface area contributed by atoms with Crippen LogP contribution in [0.1, 0.15) is 23.6 Å². The molecule has 21 heavy (non-hydrogen) atoms. The number of thiophene rings is 1. The van der Waals surface area contributed by atoms with Crippen LogP contribution in [0.3, 0.4) is 0 Å². The molecule has 0 bridgehead atoms. The molecule has 112 valence electrons. The number of imide groups is 1. The number of esters is 1. The van der Waals surface area contributed by atoms with E-state index in [0.29, 0.717) is 4.91 Å². The summed E-state index contributed by atoms with van der Waals surface area (Å²) in [6.07, 6.45) is 1.68. The van der Waals surface area contributed by atoms with Crippen molar-refractivity contribution < 1.29 is 19.1 Å². The maximum absolute atomic E-state index is 12.3. The van der Waals surface area contributed by atoms with Crippen molar-refractivity contribution in [2.24, 2.45) is 0 Å². The average molecular weight is 325 g/mol. The van der Waals surface area contributed by atoms with Crippen molar-refractivity contribution in [3.63, 3.8) is 0 Å². The van der Waals surface area contributed by atoms with Crippen molar-refractivity contribution in [2.45, 2.75) is 26.8 Å². The van der Waals surface area contributed by atoms with Crippen molar-refractivity contribution >= 4 is 46.3 Å². The Morgan fingerprint density at radius 2 is 2.14 bits per heavy atom. The minimum Gasteiger partial charge on any atom is -0.464 e. The third-order valence-corrected chi connectivity index (χ3v) is 4.70. The number of rotatable bonds is 4. The van der Waals surface area contributed by atoms with E-state index in [1.165, 1.54) is 18.3 Å². The summed E-state index contributed by atoms with van der Waals surface area (Å²) < 4.78 is 4.86. The number of aryl methyl sites for hydroxylation is 1. The summed E-state index contributed by atoms with van der Waals surface area (Å²) in [7, 11) is 0. The van der Waals surface area contributed by atoms with Gasteiger partial charge in [0.15, 0.2) is 0 Å². The number of nitrogens with zero attached hydrogens (tertiary/aromatic N) is 1. The number of hydrogen-bond donors (Lipinski definition) is 0. The summed E-state index contributed by atoms with van der Waals surface area (Å²) in [5.74, 6) is -1.02. The molecule has 2 rings (SSSR count). The molecule has 5 nitrogen and oxygen atoms in total. The second-order valence-corrected chi connectivity index (χ2v) is 6.74. The smallest absolute Gasteiger partial charge is 0.329 e. The maximum Gasteiger partial charge on any atom is 0.329 e. The Balaban J connectivity index is 2.20. The first-order valence-corrected chi connectivity index (χ1v) is 8.07. The molecule has 0 N–H and O–H groups in total. The molecule has 1 unspecified atom stereocenters. The van der Waals surface area contributed by atoms with Gasteiger partial charge in [-0.15, -0.1) is 11.3 Å². The summed E-state index contributed by atoms with van der Waals surface area (Å²) in [4.78, 5) is 39.3. The van der Waals surface area contributed by atoms with E-state index in [2.05, 4.69) is 0 Å². The lowest BCUT2D eigenvalue weighted by Gasteiger charge is -2.19. The van der Waals surface area contributed by atoms with Gasteiger partial charge in [0.25, 0.3) is 11.1 Å². The summed E-state index contributed by atoms with van der Waals surface area (Å²) in [5, 5.41) is -0.444. The van der Waals surface area contributed by atoms with E-state index in [1.54, 1.807) is 13.0 Å². The predicted molar refractivity (Wildman–Crippen MR) is 83.0 cm³/mol. The molecule has 2 heterocycles. The minimum atomic E-state index is -0.909. The monoisotopic (exact) mass is 325 g/mol. The van der Waals surface area contributed by atoms with Gasteiger partial charge in [-0.25, -0.2) is 4.79 Å². The fourth-order valence-corrected chi connectivity index (χ4v) is 3.64. The first-order valence-electron chi connectivity index (χ1n) is 6.44. The van der Waals surface area contributed by atoms with Crippen LogP contribution in [-0.4, -0.2) is 34.7 Å². The van der Waals surface area contributed by atoms with Crippen LogP contribution in [0, 0.1) is 6.92 Å². The molecular weight excluding hydrogens is 310 g/mol. The van der Waals surface area contributed by atoms with E-state index in [4.69, 9.17) is 4.74 Å². The molecule has 0 radical (unpaired) electrons. The second-order valence-electron chi connectivity index (χ2n) is 4.43. The molecular formula is C14H15NO4S2. The highest BCUT2D eigenvalue weighted by molar-refractivity contribution is 8.18. The molecule has 0 aromatic carbocycles. The van der Waals surface area contributed by atoms with Gasteiger partial charge in [0.1, 0.15) is 6.04 Å². The lowest BCUT2D eigenvalue weighted by atomic mass is 10.3. The molecule has 7 heteroatoms. The van der Waals surface area contributed by atoms with Gasteiger partial charge in [-0.05, 0) is 50.7 Å². The molecule has 0 saturated carbocycles. The highest BCUT2D eigenvalue weighted by Gasteiger charge is 2.41. The molecule has 0 spiro atoms. The number of carbonyl (C=O) groups excluding carboxylic acids is 3. The van der Waals surface area contributed by atoms with Crippen molar-refractivity contribution in [3.8, 4) is 0 Å². The lowest BCUT2D eigenvalue weighted by molar-refractivity contribution is -0.150. The normalized spacial score (nSPS) is 18.4. The molecule has 1 aromatic heterocycles. The highest BCUT2D eigenvalue weighted by atomic mass is 32.2. The van der Waals surface area contributed by atoms with E-state index >= 15 is 0 Å².